The van der Waals surface area contributed by atoms with Crippen LogP contribution in [-0.2, 0) is 4.79 Å². The Morgan fingerprint density at radius 3 is 2.76 bits per heavy atom. The summed E-state index contributed by atoms with van der Waals surface area (Å²) in [5.74, 6) is -0.180. The molecule has 2 aromatic rings. The van der Waals surface area contributed by atoms with Crippen LogP contribution in [0.5, 0.6) is 0 Å². The number of aromatic nitrogens is 1. The summed E-state index contributed by atoms with van der Waals surface area (Å²) in [4.78, 5) is 16.9. The molecule has 0 bridgehead atoms. The fourth-order valence-corrected chi connectivity index (χ4v) is 3.00. The predicted octanol–water partition coefficient (Wildman–Crippen LogP) is 3.65. The Morgan fingerprint density at radius 1 is 1.19 bits per heavy atom. The molecule has 21 heavy (non-hydrogen) atoms. The van der Waals surface area contributed by atoms with E-state index in [2.05, 4.69) is 16.4 Å². The first kappa shape index (κ1) is 13.6. The van der Waals surface area contributed by atoms with E-state index in [1.807, 2.05) is 30.3 Å². The fourth-order valence-electron chi connectivity index (χ4n) is 3.00. The standard InChI is InChI=1S/C17H17N3O/c18-12-17(9-2-1-3-10-17)16(21)20-15-8-4-7-14-13(15)6-5-11-19-14/h4-8,11H,1-3,9-10H2,(H,20,21). The molecule has 1 aromatic carbocycles. The Balaban J connectivity index is 1.91. The van der Waals surface area contributed by atoms with Crippen LogP contribution in [0.4, 0.5) is 5.69 Å². The fraction of sp³-hybridized carbons (Fsp3) is 0.353. The van der Waals surface area contributed by atoms with E-state index in [1.54, 1.807) is 6.20 Å². The van der Waals surface area contributed by atoms with Crippen molar-refractivity contribution in [1.29, 1.82) is 5.26 Å². The van der Waals surface area contributed by atoms with Crippen molar-refractivity contribution in [3.8, 4) is 6.07 Å². The van der Waals surface area contributed by atoms with Crippen molar-refractivity contribution in [3.63, 3.8) is 0 Å². The van der Waals surface area contributed by atoms with Crippen molar-refractivity contribution in [2.24, 2.45) is 5.41 Å². The molecule has 106 valence electrons. The average Bonchev–Trinajstić information content (AvgIpc) is 2.56. The van der Waals surface area contributed by atoms with Gasteiger partial charge in [-0.2, -0.15) is 5.26 Å². The number of fused-ring (bicyclic) bond motifs is 1. The van der Waals surface area contributed by atoms with Crippen LogP contribution in [0.25, 0.3) is 10.9 Å². The molecule has 1 N–H and O–H groups in total. The summed E-state index contributed by atoms with van der Waals surface area (Å²) >= 11 is 0. The zero-order valence-electron chi connectivity index (χ0n) is 11.8. The second-order valence-corrected chi connectivity index (χ2v) is 5.58. The van der Waals surface area contributed by atoms with Gasteiger partial charge in [-0.3, -0.25) is 9.78 Å². The van der Waals surface area contributed by atoms with Gasteiger partial charge in [-0.15, -0.1) is 0 Å². The third-order valence-corrected chi connectivity index (χ3v) is 4.25. The Labute approximate surface area is 123 Å². The monoisotopic (exact) mass is 279 g/mol. The van der Waals surface area contributed by atoms with E-state index in [0.717, 1.165) is 35.9 Å². The molecular weight excluding hydrogens is 262 g/mol. The van der Waals surface area contributed by atoms with Crippen LogP contribution >= 0.6 is 0 Å². The van der Waals surface area contributed by atoms with E-state index in [0.29, 0.717) is 12.8 Å². The molecule has 4 nitrogen and oxygen atoms in total. The summed E-state index contributed by atoms with van der Waals surface area (Å²) in [7, 11) is 0. The van der Waals surface area contributed by atoms with E-state index in [1.165, 1.54) is 0 Å². The summed E-state index contributed by atoms with van der Waals surface area (Å²) in [6.07, 6.45) is 6.02. The highest BCUT2D eigenvalue weighted by atomic mass is 16.2. The minimum Gasteiger partial charge on any atom is -0.324 e. The van der Waals surface area contributed by atoms with Gasteiger partial charge in [-0.1, -0.05) is 25.3 Å². The third-order valence-electron chi connectivity index (χ3n) is 4.25. The summed E-state index contributed by atoms with van der Waals surface area (Å²) < 4.78 is 0. The highest BCUT2D eigenvalue weighted by molar-refractivity contribution is 6.04. The van der Waals surface area contributed by atoms with E-state index >= 15 is 0 Å². The van der Waals surface area contributed by atoms with Crippen molar-refractivity contribution in [2.45, 2.75) is 32.1 Å². The predicted molar refractivity (Wildman–Crippen MR) is 81.5 cm³/mol. The van der Waals surface area contributed by atoms with Crippen molar-refractivity contribution in [3.05, 3.63) is 36.5 Å². The first-order valence-electron chi connectivity index (χ1n) is 7.32. The summed E-state index contributed by atoms with van der Waals surface area (Å²) in [5, 5.41) is 13.3. The molecule has 1 aromatic heterocycles. The van der Waals surface area contributed by atoms with Crippen molar-refractivity contribution in [1.82, 2.24) is 4.98 Å². The van der Waals surface area contributed by atoms with E-state index < -0.39 is 5.41 Å². The molecule has 1 saturated carbocycles. The minimum atomic E-state index is -0.872. The lowest BCUT2D eigenvalue weighted by Crippen LogP contribution is -2.36. The van der Waals surface area contributed by atoms with Gasteiger partial charge in [-0.25, -0.2) is 0 Å². The molecule has 4 heteroatoms. The number of nitriles is 1. The lowest BCUT2D eigenvalue weighted by atomic mass is 9.74. The number of carbonyl (C=O) groups excluding carboxylic acids is 1. The number of carbonyl (C=O) groups is 1. The average molecular weight is 279 g/mol. The summed E-state index contributed by atoms with van der Waals surface area (Å²) in [6, 6.07) is 11.7. The van der Waals surface area contributed by atoms with Crippen LogP contribution in [0.2, 0.25) is 0 Å². The first-order chi connectivity index (χ1) is 10.2. The second kappa shape index (κ2) is 5.53. The SMILES string of the molecule is N#CC1(C(=O)Nc2cccc3ncccc23)CCCCC1. The molecule has 1 aliphatic rings. The normalized spacial score (nSPS) is 17.1. The van der Waals surface area contributed by atoms with Crippen molar-refractivity contribution >= 4 is 22.5 Å². The van der Waals surface area contributed by atoms with Gasteiger partial charge >= 0.3 is 0 Å². The zero-order valence-corrected chi connectivity index (χ0v) is 11.8. The largest absolute Gasteiger partial charge is 0.324 e. The smallest absolute Gasteiger partial charge is 0.244 e. The summed E-state index contributed by atoms with van der Waals surface area (Å²) in [6.45, 7) is 0. The molecule has 3 rings (SSSR count). The van der Waals surface area contributed by atoms with Gasteiger partial charge in [0.25, 0.3) is 0 Å². The van der Waals surface area contributed by atoms with Gasteiger partial charge in [0.05, 0.1) is 17.3 Å². The Hall–Kier alpha value is -2.41. The number of amides is 1. The molecule has 1 aliphatic carbocycles. The van der Waals surface area contributed by atoms with E-state index in [4.69, 9.17) is 0 Å². The number of nitrogens with one attached hydrogen (secondary N) is 1. The molecule has 1 fully saturated rings. The van der Waals surface area contributed by atoms with Crippen LogP contribution in [0.1, 0.15) is 32.1 Å². The second-order valence-electron chi connectivity index (χ2n) is 5.58. The van der Waals surface area contributed by atoms with E-state index in [9.17, 15) is 10.1 Å². The molecule has 0 radical (unpaired) electrons. The first-order valence-corrected chi connectivity index (χ1v) is 7.32. The van der Waals surface area contributed by atoms with Gasteiger partial charge in [0.15, 0.2) is 0 Å². The maximum Gasteiger partial charge on any atom is 0.244 e. The molecule has 0 saturated heterocycles. The highest BCUT2D eigenvalue weighted by Crippen LogP contribution is 2.37. The topological polar surface area (TPSA) is 65.8 Å². The molecule has 0 atom stereocenters. The van der Waals surface area contributed by atoms with Crippen molar-refractivity contribution in [2.75, 3.05) is 5.32 Å². The molecule has 1 heterocycles. The molecule has 0 aliphatic heterocycles. The lowest BCUT2D eigenvalue weighted by Gasteiger charge is -2.29. The zero-order chi connectivity index (χ0) is 14.7. The highest BCUT2D eigenvalue weighted by Gasteiger charge is 2.39. The van der Waals surface area contributed by atoms with Crippen LogP contribution < -0.4 is 5.32 Å². The van der Waals surface area contributed by atoms with Gasteiger partial charge in [0.1, 0.15) is 5.41 Å². The quantitative estimate of drug-likeness (QED) is 0.912. The van der Waals surface area contributed by atoms with E-state index in [-0.39, 0.29) is 5.91 Å². The lowest BCUT2D eigenvalue weighted by molar-refractivity contribution is -0.124. The maximum absolute atomic E-state index is 12.6. The molecule has 0 spiro atoms. The Bertz CT molecular complexity index is 706. The van der Waals surface area contributed by atoms with Crippen LogP contribution in [-0.4, -0.2) is 10.9 Å². The number of benzene rings is 1. The number of hydrogen-bond acceptors (Lipinski definition) is 3. The van der Waals surface area contributed by atoms with Gasteiger partial charge in [0.2, 0.25) is 5.91 Å². The number of pyridine rings is 1. The van der Waals surface area contributed by atoms with Crippen LogP contribution in [0, 0.1) is 16.7 Å². The number of hydrogen-bond donors (Lipinski definition) is 1. The van der Waals surface area contributed by atoms with Gasteiger partial charge in [-0.05, 0) is 37.1 Å². The van der Waals surface area contributed by atoms with Crippen LogP contribution in [0.3, 0.4) is 0 Å². The van der Waals surface area contributed by atoms with Gasteiger partial charge in [0, 0.05) is 11.6 Å². The van der Waals surface area contributed by atoms with Crippen LogP contribution in [0.15, 0.2) is 36.5 Å². The minimum absolute atomic E-state index is 0.180. The number of rotatable bonds is 2. The maximum atomic E-state index is 12.6. The van der Waals surface area contributed by atoms with Crippen molar-refractivity contribution < 1.29 is 4.79 Å². The summed E-state index contributed by atoms with van der Waals surface area (Å²) in [5.41, 5.74) is 0.693. The number of anilines is 1. The molecule has 1 amide bonds. The molecule has 0 unspecified atom stereocenters. The Kier molecular flexibility index (Phi) is 3.57. The third kappa shape index (κ3) is 2.47. The Morgan fingerprint density at radius 2 is 2.00 bits per heavy atom. The number of nitrogens with zero attached hydrogens (tertiary/aromatic N) is 2. The van der Waals surface area contributed by atoms with Gasteiger partial charge < -0.3 is 5.32 Å². The molecular formula is C17H17N3O.